The topological polar surface area (TPSA) is 71.1 Å². The first-order valence-corrected chi connectivity index (χ1v) is 15.9. The molecule has 2 aliphatic heterocycles. The Labute approximate surface area is 270 Å². The molecular weight excluding hydrogens is 568 g/mol. The minimum absolute atomic E-state index is 0.478. The van der Waals surface area contributed by atoms with Gasteiger partial charge in [-0.05, 0) is 122 Å². The van der Waals surface area contributed by atoms with Crippen molar-refractivity contribution >= 4 is 33.2 Å². The zero-order chi connectivity index (χ0) is 32.8. The van der Waals surface area contributed by atoms with Crippen LogP contribution in [0.15, 0.2) is 107 Å². The molecule has 232 valence electrons. The molecule has 6 heteroatoms. The number of hydrogen-bond donors (Lipinski definition) is 0. The van der Waals surface area contributed by atoms with Crippen molar-refractivity contribution in [3.8, 4) is 22.3 Å². The molecule has 0 aromatic heterocycles. The highest BCUT2D eigenvalue weighted by molar-refractivity contribution is 6.16. The van der Waals surface area contributed by atoms with Crippen molar-refractivity contribution in [2.45, 2.75) is 77.5 Å². The Balaban J connectivity index is 1.33. The van der Waals surface area contributed by atoms with E-state index in [1.54, 1.807) is 0 Å². The van der Waals surface area contributed by atoms with E-state index in [2.05, 4.69) is 72.8 Å². The highest BCUT2D eigenvalue weighted by Crippen LogP contribution is 2.42. The van der Waals surface area contributed by atoms with Crippen LogP contribution in [0, 0.1) is 10.1 Å². The van der Waals surface area contributed by atoms with E-state index in [-0.39, 0.29) is 0 Å². The van der Waals surface area contributed by atoms with Gasteiger partial charge < -0.3 is 10.3 Å². The van der Waals surface area contributed by atoms with E-state index in [9.17, 15) is 10.1 Å². The summed E-state index contributed by atoms with van der Waals surface area (Å²) in [6, 6.07) is 33.6. The molecule has 2 aliphatic rings. The van der Waals surface area contributed by atoms with Gasteiger partial charge in [0.1, 0.15) is 5.84 Å². The van der Waals surface area contributed by atoms with Crippen LogP contribution in [0.5, 0.6) is 0 Å². The van der Waals surface area contributed by atoms with Crippen LogP contribution in [0.4, 0.5) is 0 Å². The fraction of sp³-hybridized carbons (Fsp3) is 0.300. The predicted molar refractivity (Wildman–Crippen MR) is 191 cm³/mol. The van der Waals surface area contributed by atoms with Gasteiger partial charge in [0.15, 0.2) is 11.1 Å². The largest absolute Gasteiger partial charge is 0.757 e. The van der Waals surface area contributed by atoms with Crippen molar-refractivity contribution < 1.29 is 4.76 Å². The molecule has 5 aromatic carbocycles. The van der Waals surface area contributed by atoms with Crippen molar-refractivity contribution in [3.63, 3.8) is 0 Å². The molecule has 6 nitrogen and oxygen atoms in total. The maximum atomic E-state index is 13.3. The molecule has 0 aliphatic carbocycles. The number of aliphatic imine (C=N–C) groups is 2. The lowest BCUT2D eigenvalue weighted by atomic mass is 9.84. The van der Waals surface area contributed by atoms with Gasteiger partial charge in [-0.3, -0.25) is 4.99 Å². The molecule has 0 radical (unpaired) electrons. The lowest BCUT2D eigenvalue weighted by Crippen LogP contribution is -2.50. The Hall–Kier alpha value is -4.68. The van der Waals surface area contributed by atoms with Crippen LogP contribution in [0.1, 0.15) is 66.5 Å². The van der Waals surface area contributed by atoms with Crippen molar-refractivity contribution in [1.29, 1.82) is 0 Å². The summed E-state index contributed by atoms with van der Waals surface area (Å²) >= 11 is 0. The number of nitroso groups, excluding NO2 is 1. The third kappa shape index (κ3) is 4.27. The lowest BCUT2D eigenvalue weighted by Gasteiger charge is -2.45. The van der Waals surface area contributed by atoms with Gasteiger partial charge in [-0.1, -0.05) is 88.8 Å². The standard InChI is InChI=1S/C40H40N4O2/c1-37(2)39(5,6)43(45)35(41-37)27-20-16-25(17-21-27)30-14-11-15-32-33(30)24-29-12-9-10-13-31(29)34(32)26-18-22-28(23-19-26)36-42-38(3,4)40(7,8)44(36)46/h9-24H,1-8H3. The Kier molecular flexibility index (Phi) is 6.46. The van der Waals surface area contributed by atoms with E-state index in [1.165, 1.54) is 5.39 Å². The number of amidine groups is 2. The summed E-state index contributed by atoms with van der Waals surface area (Å²) in [6.07, 6.45) is 0. The summed E-state index contributed by atoms with van der Waals surface area (Å²) in [5, 5.41) is 18.9. The molecule has 5 aromatic rings. The second-order valence-electron chi connectivity index (χ2n) is 14.7. The SMILES string of the molecule is CC1(C)N=C(c2ccc(-c3c4ccccc4cc4c(-c5ccc(C6=NC(C)(C)C(C)(C)[N+]6=O)cc5)cccc34)cc2)N([O-])C1(C)C. The van der Waals surface area contributed by atoms with Gasteiger partial charge in [0.05, 0.1) is 11.1 Å². The van der Waals surface area contributed by atoms with Crippen LogP contribution in [0.25, 0.3) is 43.8 Å². The van der Waals surface area contributed by atoms with E-state index < -0.39 is 22.2 Å². The van der Waals surface area contributed by atoms with E-state index in [1.807, 2.05) is 79.7 Å². The number of benzene rings is 5. The molecule has 0 spiro atoms. The van der Waals surface area contributed by atoms with Crippen LogP contribution >= 0.6 is 0 Å². The second-order valence-corrected chi connectivity index (χ2v) is 14.7. The third-order valence-corrected chi connectivity index (χ3v) is 11.0. The zero-order valence-corrected chi connectivity index (χ0v) is 27.8. The monoisotopic (exact) mass is 608 g/mol. The van der Waals surface area contributed by atoms with Gasteiger partial charge in [0.25, 0.3) is 0 Å². The fourth-order valence-corrected chi connectivity index (χ4v) is 6.52. The lowest BCUT2D eigenvalue weighted by molar-refractivity contribution is -0.514. The maximum Gasteiger partial charge on any atom is 0.364 e. The van der Waals surface area contributed by atoms with Gasteiger partial charge in [0.2, 0.25) is 0 Å². The van der Waals surface area contributed by atoms with Gasteiger partial charge in [-0.25, -0.2) is 0 Å². The normalized spacial score (nSPS) is 19.5. The molecule has 7 rings (SSSR count). The quantitative estimate of drug-likeness (QED) is 0.151. The fourth-order valence-electron chi connectivity index (χ4n) is 6.52. The Morgan fingerprint density at radius 3 is 1.80 bits per heavy atom. The average Bonchev–Trinajstić information content (AvgIpc) is 3.31. The van der Waals surface area contributed by atoms with Crippen LogP contribution in [-0.2, 0) is 0 Å². The Morgan fingerprint density at radius 2 is 1.20 bits per heavy atom. The van der Waals surface area contributed by atoms with Crippen LogP contribution in [-0.4, -0.2) is 43.7 Å². The first-order chi connectivity index (χ1) is 21.6. The minimum atomic E-state index is -0.631. The van der Waals surface area contributed by atoms with Crippen LogP contribution in [0.3, 0.4) is 0 Å². The van der Waals surface area contributed by atoms with Crippen LogP contribution < -0.4 is 0 Å². The van der Waals surface area contributed by atoms with E-state index in [0.717, 1.165) is 59.4 Å². The zero-order valence-electron chi connectivity index (χ0n) is 27.8. The van der Waals surface area contributed by atoms with Crippen molar-refractivity contribution in [2.24, 2.45) is 9.98 Å². The van der Waals surface area contributed by atoms with E-state index >= 15 is 0 Å². The number of hydrogen-bond acceptors (Lipinski definition) is 5. The Morgan fingerprint density at radius 1 is 0.609 bits per heavy atom. The molecule has 2 heterocycles. The summed E-state index contributed by atoms with van der Waals surface area (Å²) in [5.74, 6) is 0.956. The highest BCUT2D eigenvalue weighted by atomic mass is 16.5. The summed E-state index contributed by atoms with van der Waals surface area (Å²) in [7, 11) is 0. The van der Waals surface area contributed by atoms with Gasteiger partial charge in [-0.2, -0.15) is 0 Å². The highest BCUT2D eigenvalue weighted by Gasteiger charge is 2.59. The van der Waals surface area contributed by atoms with E-state index in [4.69, 9.17) is 9.98 Å². The summed E-state index contributed by atoms with van der Waals surface area (Å²) in [6.45, 7) is 15.8. The second kappa shape index (κ2) is 9.91. The predicted octanol–water partition coefficient (Wildman–Crippen LogP) is 9.54. The van der Waals surface area contributed by atoms with E-state index in [0.29, 0.717) is 11.7 Å². The average molecular weight is 609 g/mol. The molecule has 0 fully saturated rings. The molecule has 46 heavy (non-hydrogen) atoms. The minimum Gasteiger partial charge on any atom is -0.757 e. The molecule has 0 amide bonds. The van der Waals surface area contributed by atoms with Crippen molar-refractivity contribution in [3.05, 3.63) is 118 Å². The maximum absolute atomic E-state index is 13.3. The van der Waals surface area contributed by atoms with Crippen LogP contribution in [0.2, 0.25) is 0 Å². The van der Waals surface area contributed by atoms with Crippen molar-refractivity contribution in [2.75, 3.05) is 0 Å². The van der Waals surface area contributed by atoms with Gasteiger partial charge in [0, 0.05) is 11.1 Å². The summed E-state index contributed by atoms with van der Waals surface area (Å²) in [5.41, 5.74) is 3.82. The summed E-state index contributed by atoms with van der Waals surface area (Å²) < 4.78 is 1.05. The smallest absolute Gasteiger partial charge is 0.364 e. The van der Waals surface area contributed by atoms with Gasteiger partial charge >= 0.3 is 5.84 Å². The molecule has 0 bridgehead atoms. The Bertz CT molecular complexity index is 2120. The molecule has 0 saturated carbocycles. The molecule has 0 unspecified atom stereocenters. The van der Waals surface area contributed by atoms with Crippen molar-refractivity contribution in [1.82, 2.24) is 5.06 Å². The number of nitrogens with zero attached hydrogens (tertiary/aromatic N) is 4. The third-order valence-electron chi connectivity index (χ3n) is 11.0. The van der Waals surface area contributed by atoms with Gasteiger partial charge in [-0.15, -0.1) is 0 Å². The first-order valence-electron chi connectivity index (χ1n) is 15.9. The molecule has 0 saturated heterocycles. The molecule has 0 N–H and O–H groups in total. The first kappa shape index (κ1) is 30.0. The number of hydroxylamine groups is 2. The number of fused-ring (bicyclic) bond motifs is 2. The number of rotatable bonds is 4. The molecular formula is C40H40N4O2. The molecule has 0 atom stereocenters. The summed E-state index contributed by atoms with van der Waals surface area (Å²) in [4.78, 5) is 22.8.